The van der Waals surface area contributed by atoms with E-state index in [1.54, 1.807) is 11.8 Å². The fraction of sp³-hybridized carbons (Fsp3) is 0.364. The normalized spacial score (nSPS) is 10.1. The third kappa shape index (κ3) is 3.52. The van der Waals surface area contributed by atoms with Gasteiger partial charge in [-0.3, -0.25) is 0 Å². The summed E-state index contributed by atoms with van der Waals surface area (Å²) in [6, 6.07) is 6.23. The predicted molar refractivity (Wildman–Crippen MR) is 62.0 cm³/mol. The van der Waals surface area contributed by atoms with Crippen LogP contribution in [-0.2, 0) is 13.5 Å². The summed E-state index contributed by atoms with van der Waals surface area (Å²) in [4.78, 5) is 1.20. The quantitative estimate of drug-likeness (QED) is 0.584. The average molecular weight is 209 g/mol. The molecule has 2 nitrogen and oxygen atoms in total. The molecule has 1 rings (SSSR count). The second-order valence-electron chi connectivity index (χ2n) is 3.16. The molecule has 0 amide bonds. The van der Waals surface area contributed by atoms with Gasteiger partial charge >= 0.3 is 0 Å². The lowest BCUT2D eigenvalue weighted by Crippen LogP contribution is -2.32. The Morgan fingerprint density at radius 3 is 3.00 bits per heavy atom. The number of nitrogens with zero attached hydrogens (tertiary/aromatic N) is 1. The molecule has 0 aliphatic heterocycles. The number of allylic oxidation sites excluding steroid dienone is 1. The molecule has 76 valence electrons. The van der Waals surface area contributed by atoms with Crippen molar-refractivity contribution < 1.29 is 4.57 Å². The van der Waals surface area contributed by atoms with Gasteiger partial charge in [-0.25, -0.2) is 4.57 Å². The Kier molecular flexibility index (Phi) is 4.70. The van der Waals surface area contributed by atoms with E-state index in [-0.39, 0.29) is 0 Å². The zero-order valence-corrected chi connectivity index (χ0v) is 9.60. The van der Waals surface area contributed by atoms with Gasteiger partial charge in [0.25, 0.3) is 0 Å². The van der Waals surface area contributed by atoms with E-state index in [1.165, 1.54) is 10.6 Å². The highest BCUT2D eigenvalue weighted by atomic mass is 32.2. The Balaban J connectivity index is 2.52. The van der Waals surface area contributed by atoms with Crippen molar-refractivity contribution in [3.8, 4) is 0 Å². The van der Waals surface area contributed by atoms with E-state index in [4.69, 9.17) is 0 Å². The Morgan fingerprint density at radius 1 is 1.57 bits per heavy atom. The Labute approximate surface area is 90.0 Å². The van der Waals surface area contributed by atoms with Crippen molar-refractivity contribution in [2.75, 3.05) is 12.9 Å². The van der Waals surface area contributed by atoms with E-state index < -0.39 is 0 Å². The first-order valence-electron chi connectivity index (χ1n) is 4.62. The van der Waals surface area contributed by atoms with Gasteiger partial charge in [-0.1, -0.05) is 12.6 Å². The lowest BCUT2D eigenvalue weighted by molar-refractivity contribution is -0.678. The van der Waals surface area contributed by atoms with Gasteiger partial charge in [-0.05, 0) is 12.0 Å². The van der Waals surface area contributed by atoms with Crippen molar-refractivity contribution >= 4 is 11.8 Å². The van der Waals surface area contributed by atoms with Crippen LogP contribution in [0.25, 0.3) is 0 Å². The van der Waals surface area contributed by atoms with Crippen LogP contribution in [0.3, 0.4) is 0 Å². The largest absolute Gasteiger partial charge is 0.311 e. The number of pyridine rings is 1. The highest BCUT2D eigenvalue weighted by molar-refractivity contribution is 8.03. The van der Waals surface area contributed by atoms with Crippen LogP contribution in [0.1, 0.15) is 5.69 Å². The molecule has 0 aromatic carbocycles. The maximum atomic E-state index is 4.04. The molecule has 0 aliphatic rings. The second-order valence-corrected chi connectivity index (χ2v) is 4.32. The van der Waals surface area contributed by atoms with Crippen LogP contribution in [0, 0.1) is 0 Å². The first-order chi connectivity index (χ1) is 6.74. The number of thioether (sulfide) groups is 1. The second kappa shape index (κ2) is 5.83. The van der Waals surface area contributed by atoms with Gasteiger partial charge in [-0.2, -0.15) is 0 Å². The van der Waals surface area contributed by atoms with Crippen molar-refractivity contribution in [1.82, 2.24) is 5.32 Å². The van der Waals surface area contributed by atoms with E-state index in [0.717, 1.165) is 12.3 Å². The molecular formula is C11H17N2S+. The van der Waals surface area contributed by atoms with Crippen LogP contribution in [0.5, 0.6) is 0 Å². The molecule has 0 bridgehead atoms. The summed E-state index contributed by atoms with van der Waals surface area (Å²) in [6.07, 6.45) is 3.00. The third-order valence-electron chi connectivity index (χ3n) is 1.96. The topological polar surface area (TPSA) is 15.9 Å². The minimum absolute atomic E-state index is 0.926. The molecule has 0 atom stereocenters. The molecule has 0 radical (unpaired) electrons. The average Bonchev–Trinajstić information content (AvgIpc) is 2.18. The molecule has 0 saturated heterocycles. The molecule has 1 aromatic rings. The molecule has 14 heavy (non-hydrogen) atoms. The first-order valence-corrected chi connectivity index (χ1v) is 5.61. The number of aryl methyl sites for hydroxylation is 1. The van der Waals surface area contributed by atoms with Crippen LogP contribution in [0.2, 0.25) is 0 Å². The molecule has 1 aromatic heterocycles. The van der Waals surface area contributed by atoms with Gasteiger partial charge in [0.15, 0.2) is 11.9 Å². The highest BCUT2D eigenvalue weighted by Crippen LogP contribution is 2.15. The lowest BCUT2D eigenvalue weighted by atomic mass is 10.2. The molecule has 0 saturated carbocycles. The van der Waals surface area contributed by atoms with Crippen LogP contribution < -0.4 is 9.88 Å². The lowest BCUT2D eigenvalue weighted by Gasteiger charge is -2.03. The number of hydrogen-bond acceptors (Lipinski definition) is 2. The van der Waals surface area contributed by atoms with E-state index in [1.807, 2.05) is 13.1 Å². The van der Waals surface area contributed by atoms with Crippen LogP contribution in [-0.4, -0.2) is 12.9 Å². The van der Waals surface area contributed by atoms with E-state index in [0.29, 0.717) is 0 Å². The third-order valence-corrected chi connectivity index (χ3v) is 2.95. The number of hydrogen-bond donors (Lipinski definition) is 1. The van der Waals surface area contributed by atoms with Gasteiger partial charge in [-0.15, -0.1) is 11.8 Å². The van der Waals surface area contributed by atoms with Crippen LogP contribution in [0.15, 0.2) is 35.9 Å². The zero-order chi connectivity index (χ0) is 10.4. The molecule has 3 heteroatoms. The summed E-state index contributed by atoms with van der Waals surface area (Å²) in [5, 5.41) is 3.09. The summed E-state index contributed by atoms with van der Waals surface area (Å²) in [7, 11) is 4.01. The van der Waals surface area contributed by atoms with Crippen molar-refractivity contribution in [2.45, 2.75) is 6.42 Å². The summed E-state index contributed by atoms with van der Waals surface area (Å²) in [5.74, 6) is 0.926. The van der Waals surface area contributed by atoms with Crippen molar-refractivity contribution in [3.63, 3.8) is 0 Å². The van der Waals surface area contributed by atoms with Gasteiger partial charge in [0, 0.05) is 18.0 Å². The molecule has 1 heterocycles. The van der Waals surface area contributed by atoms with E-state index >= 15 is 0 Å². The van der Waals surface area contributed by atoms with Crippen LogP contribution in [0.4, 0.5) is 0 Å². The maximum absolute atomic E-state index is 4.04. The number of rotatable bonds is 5. The molecule has 1 N–H and O–H groups in total. The summed E-state index contributed by atoms with van der Waals surface area (Å²) in [5.41, 5.74) is 1.29. The fourth-order valence-electron chi connectivity index (χ4n) is 1.17. The summed E-state index contributed by atoms with van der Waals surface area (Å²) < 4.78 is 2.13. The van der Waals surface area contributed by atoms with Gasteiger partial charge in [0.05, 0.1) is 6.42 Å². The number of nitrogens with one attached hydrogen (secondary N) is 1. The Hall–Kier alpha value is -0.800. The van der Waals surface area contributed by atoms with Crippen LogP contribution >= 0.6 is 11.8 Å². The zero-order valence-electron chi connectivity index (χ0n) is 8.79. The van der Waals surface area contributed by atoms with Crippen molar-refractivity contribution in [1.29, 1.82) is 0 Å². The number of aromatic nitrogens is 1. The monoisotopic (exact) mass is 209 g/mol. The summed E-state index contributed by atoms with van der Waals surface area (Å²) >= 11 is 1.76. The Morgan fingerprint density at radius 2 is 2.36 bits per heavy atom. The Bertz CT molecular complexity index is 310. The first kappa shape index (κ1) is 11.3. The minimum atomic E-state index is 0.926. The molecular weight excluding hydrogens is 192 g/mol. The van der Waals surface area contributed by atoms with Gasteiger partial charge in [0.2, 0.25) is 0 Å². The minimum Gasteiger partial charge on any atom is -0.311 e. The molecule has 0 fully saturated rings. The summed E-state index contributed by atoms with van der Waals surface area (Å²) in [6.45, 7) is 4.04. The van der Waals surface area contributed by atoms with E-state index in [2.05, 4.69) is 41.8 Å². The standard InChI is InChI=1S/C11H17N2S/c1-10(14-9-12-2)8-11-6-4-5-7-13(11)3/h4-7,12H,1,8-9H2,2-3H3/q+1. The highest BCUT2D eigenvalue weighted by Gasteiger charge is 2.06. The predicted octanol–water partition coefficient (Wildman–Crippen LogP) is 1.48. The molecule has 0 aliphatic carbocycles. The molecule has 0 spiro atoms. The van der Waals surface area contributed by atoms with Crippen molar-refractivity contribution in [2.24, 2.45) is 7.05 Å². The molecule has 0 unspecified atom stereocenters. The van der Waals surface area contributed by atoms with Crippen molar-refractivity contribution in [3.05, 3.63) is 41.6 Å². The van der Waals surface area contributed by atoms with Gasteiger partial charge in [0.1, 0.15) is 7.05 Å². The van der Waals surface area contributed by atoms with E-state index in [9.17, 15) is 0 Å². The fourth-order valence-corrected chi connectivity index (χ4v) is 1.77. The SMILES string of the molecule is C=C(Cc1cccc[n+]1C)SCNC. The van der Waals surface area contributed by atoms with Gasteiger partial charge < -0.3 is 5.32 Å². The maximum Gasteiger partial charge on any atom is 0.185 e. The smallest absolute Gasteiger partial charge is 0.185 e.